The number of nitrogens with two attached hydrogens (primary N) is 1. The lowest BCUT2D eigenvalue weighted by Gasteiger charge is -2.29. The monoisotopic (exact) mass is 303 g/mol. The van der Waals surface area contributed by atoms with E-state index in [9.17, 15) is 13.2 Å². The van der Waals surface area contributed by atoms with Gasteiger partial charge in [0.15, 0.2) is 0 Å². The van der Waals surface area contributed by atoms with Crippen LogP contribution in [0, 0.1) is 11.3 Å². The second-order valence-electron chi connectivity index (χ2n) is 6.98. The van der Waals surface area contributed by atoms with E-state index in [1.165, 1.54) is 6.26 Å². The van der Waals surface area contributed by atoms with E-state index in [1.54, 1.807) is 0 Å². The van der Waals surface area contributed by atoms with Gasteiger partial charge in [-0.05, 0) is 44.1 Å². The highest BCUT2D eigenvalue weighted by atomic mass is 32.2. The predicted molar refractivity (Wildman–Crippen MR) is 82.3 cm³/mol. The lowest BCUT2D eigenvalue weighted by molar-refractivity contribution is -0.124. The van der Waals surface area contributed by atoms with Gasteiger partial charge in [0.05, 0.1) is 5.25 Å². The Bertz CT molecular complexity index is 428. The van der Waals surface area contributed by atoms with E-state index in [2.05, 4.69) is 13.8 Å². The number of ketones is 1. The van der Waals surface area contributed by atoms with Gasteiger partial charge < -0.3 is 5.73 Å². The Hall–Kier alpha value is -0.420. The molecule has 0 spiro atoms. The first-order chi connectivity index (χ1) is 9.15. The summed E-state index contributed by atoms with van der Waals surface area (Å²) < 4.78 is 23.3. The molecule has 0 bridgehead atoms. The smallest absolute Gasteiger partial charge is 0.150 e. The molecule has 0 radical (unpaired) electrons. The standard InChI is InChI=1S/C15H29NO3S/c1-15(2,9-10-16)8-7-14(17)12-5-4-6-13(11-12)20(3,18)19/h12-13H,4-11,16H2,1-3H3. The van der Waals surface area contributed by atoms with Crippen molar-refractivity contribution in [1.29, 1.82) is 0 Å². The molecule has 0 amide bonds. The van der Waals surface area contributed by atoms with Crippen molar-refractivity contribution in [3.63, 3.8) is 0 Å². The van der Waals surface area contributed by atoms with Crippen molar-refractivity contribution in [1.82, 2.24) is 0 Å². The normalized spacial score (nSPS) is 24.6. The minimum absolute atomic E-state index is 0.0582. The van der Waals surface area contributed by atoms with Gasteiger partial charge in [-0.2, -0.15) is 0 Å². The van der Waals surface area contributed by atoms with Crippen molar-refractivity contribution in [2.75, 3.05) is 12.8 Å². The zero-order chi connectivity index (χ0) is 15.4. The van der Waals surface area contributed by atoms with Gasteiger partial charge in [-0.25, -0.2) is 8.42 Å². The molecule has 2 atom stereocenters. The predicted octanol–water partition coefficient (Wildman–Crippen LogP) is 2.31. The number of rotatable bonds is 7. The third-order valence-corrected chi connectivity index (χ3v) is 6.20. The summed E-state index contributed by atoms with van der Waals surface area (Å²) in [6.45, 7) is 4.90. The fraction of sp³-hybridized carbons (Fsp3) is 0.933. The van der Waals surface area contributed by atoms with Gasteiger partial charge in [-0.1, -0.05) is 20.3 Å². The molecule has 0 aromatic rings. The van der Waals surface area contributed by atoms with Crippen LogP contribution in [0.15, 0.2) is 0 Å². The highest BCUT2D eigenvalue weighted by Crippen LogP contribution is 2.32. The largest absolute Gasteiger partial charge is 0.330 e. The number of hydrogen-bond donors (Lipinski definition) is 1. The summed E-state index contributed by atoms with van der Waals surface area (Å²) in [4.78, 5) is 12.3. The molecule has 5 heteroatoms. The van der Waals surface area contributed by atoms with Crippen molar-refractivity contribution < 1.29 is 13.2 Å². The van der Waals surface area contributed by atoms with E-state index in [4.69, 9.17) is 5.73 Å². The topological polar surface area (TPSA) is 77.2 Å². The van der Waals surface area contributed by atoms with Crippen LogP contribution in [-0.2, 0) is 14.6 Å². The lowest BCUT2D eigenvalue weighted by atomic mass is 9.79. The molecule has 1 rings (SSSR count). The Balaban J connectivity index is 2.51. The molecule has 1 saturated carbocycles. The maximum Gasteiger partial charge on any atom is 0.150 e. The molecule has 0 aromatic carbocycles. The van der Waals surface area contributed by atoms with E-state index in [-0.39, 0.29) is 22.4 Å². The average Bonchev–Trinajstić information content (AvgIpc) is 2.35. The molecular weight excluding hydrogens is 274 g/mol. The summed E-state index contributed by atoms with van der Waals surface area (Å²) in [7, 11) is -3.01. The van der Waals surface area contributed by atoms with E-state index in [0.29, 0.717) is 25.8 Å². The summed E-state index contributed by atoms with van der Waals surface area (Å²) in [6.07, 6.45) is 6.52. The molecule has 2 unspecified atom stereocenters. The Morgan fingerprint density at radius 2 is 1.90 bits per heavy atom. The van der Waals surface area contributed by atoms with Gasteiger partial charge in [0, 0.05) is 18.6 Å². The van der Waals surface area contributed by atoms with Crippen LogP contribution in [0.4, 0.5) is 0 Å². The van der Waals surface area contributed by atoms with Gasteiger partial charge in [0.2, 0.25) is 0 Å². The second kappa shape index (κ2) is 7.03. The molecule has 0 saturated heterocycles. The molecule has 0 aromatic heterocycles. The molecule has 0 heterocycles. The average molecular weight is 303 g/mol. The molecule has 0 aliphatic heterocycles. The quantitative estimate of drug-likeness (QED) is 0.783. The molecule has 1 fully saturated rings. The zero-order valence-corrected chi connectivity index (χ0v) is 13.8. The first-order valence-corrected chi connectivity index (χ1v) is 9.53. The Labute approximate surface area is 123 Å². The van der Waals surface area contributed by atoms with Gasteiger partial charge >= 0.3 is 0 Å². The minimum atomic E-state index is -3.01. The Morgan fingerprint density at radius 3 is 2.45 bits per heavy atom. The van der Waals surface area contributed by atoms with Crippen molar-refractivity contribution in [3.05, 3.63) is 0 Å². The number of carbonyl (C=O) groups is 1. The van der Waals surface area contributed by atoms with Crippen LogP contribution >= 0.6 is 0 Å². The highest BCUT2D eigenvalue weighted by Gasteiger charge is 2.32. The van der Waals surface area contributed by atoms with Gasteiger partial charge in [0.25, 0.3) is 0 Å². The third-order valence-electron chi connectivity index (χ3n) is 4.56. The summed E-state index contributed by atoms with van der Waals surface area (Å²) in [5.74, 6) is 0.181. The number of hydrogen-bond acceptors (Lipinski definition) is 4. The molecular formula is C15H29NO3S. The second-order valence-corrected chi connectivity index (χ2v) is 9.31. The molecule has 1 aliphatic rings. The van der Waals surface area contributed by atoms with Crippen LogP contribution in [0.25, 0.3) is 0 Å². The van der Waals surface area contributed by atoms with Crippen LogP contribution in [0.1, 0.15) is 58.8 Å². The Kier molecular flexibility index (Phi) is 6.20. The summed E-state index contributed by atoms with van der Waals surface area (Å²) in [5.41, 5.74) is 5.67. The van der Waals surface area contributed by atoms with Crippen LogP contribution in [0.2, 0.25) is 0 Å². The van der Waals surface area contributed by atoms with Gasteiger partial charge in [-0.15, -0.1) is 0 Å². The number of sulfone groups is 1. The molecule has 20 heavy (non-hydrogen) atoms. The fourth-order valence-electron chi connectivity index (χ4n) is 3.01. The molecule has 1 aliphatic carbocycles. The zero-order valence-electron chi connectivity index (χ0n) is 13.0. The Morgan fingerprint density at radius 1 is 1.25 bits per heavy atom. The third kappa shape index (κ3) is 5.52. The SMILES string of the molecule is CC(C)(CCN)CCC(=O)C1CCCC(S(C)(=O)=O)C1. The van der Waals surface area contributed by atoms with Crippen molar-refractivity contribution in [2.45, 2.75) is 64.0 Å². The lowest BCUT2D eigenvalue weighted by Crippen LogP contribution is -2.31. The van der Waals surface area contributed by atoms with Gasteiger partial charge in [-0.3, -0.25) is 4.79 Å². The highest BCUT2D eigenvalue weighted by molar-refractivity contribution is 7.91. The van der Waals surface area contributed by atoms with Crippen molar-refractivity contribution in [2.24, 2.45) is 17.1 Å². The van der Waals surface area contributed by atoms with Crippen LogP contribution in [0.5, 0.6) is 0 Å². The maximum absolute atomic E-state index is 12.3. The molecule has 4 nitrogen and oxygen atoms in total. The van der Waals surface area contributed by atoms with Gasteiger partial charge in [0.1, 0.15) is 15.6 Å². The molecule has 2 N–H and O–H groups in total. The van der Waals surface area contributed by atoms with Crippen LogP contribution in [0.3, 0.4) is 0 Å². The first-order valence-electron chi connectivity index (χ1n) is 7.57. The van der Waals surface area contributed by atoms with E-state index < -0.39 is 9.84 Å². The first kappa shape index (κ1) is 17.6. The summed E-state index contributed by atoms with van der Waals surface area (Å²) >= 11 is 0. The summed E-state index contributed by atoms with van der Waals surface area (Å²) in [6, 6.07) is 0. The van der Waals surface area contributed by atoms with Crippen LogP contribution < -0.4 is 5.73 Å². The fourth-order valence-corrected chi connectivity index (χ4v) is 4.18. The number of Topliss-reactive ketones (excluding diaryl/α,β-unsaturated/α-hetero) is 1. The minimum Gasteiger partial charge on any atom is -0.330 e. The number of carbonyl (C=O) groups excluding carboxylic acids is 1. The summed E-state index contributed by atoms with van der Waals surface area (Å²) in [5, 5.41) is -0.317. The van der Waals surface area contributed by atoms with E-state index in [1.807, 2.05) is 0 Å². The molecule has 118 valence electrons. The maximum atomic E-state index is 12.3. The van der Waals surface area contributed by atoms with Crippen molar-refractivity contribution in [3.8, 4) is 0 Å². The van der Waals surface area contributed by atoms with Crippen LogP contribution in [-0.4, -0.2) is 32.3 Å². The van der Waals surface area contributed by atoms with E-state index in [0.717, 1.165) is 25.7 Å². The van der Waals surface area contributed by atoms with Crippen molar-refractivity contribution >= 4 is 15.6 Å². The van der Waals surface area contributed by atoms with E-state index >= 15 is 0 Å².